The Kier molecular flexibility index (Phi) is 8.38. The lowest BCUT2D eigenvalue weighted by atomic mass is 10.8. The van der Waals surface area contributed by atoms with Crippen LogP contribution in [0.1, 0.15) is 0 Å². The van der Waals surface area contributed by atoms with Crippen molar-refractivity contribution in [1.82, 2.24) is 0 Å². The molecule has 68 valence electrons. The summed E-state index contributed by atoms with van der Waals surface area (Å²) in [5, 5.41) is 0. The van der Waals surface area contributed by atoms with Gasteiger partial charge < -0.3 is 0 Å². The molecule has 0 aliphatic rings. The lowest BCUT2D eigenvalue weighted by molar-refractivity contribution is 0.200. The van der Waals surface area contributed by atoms with Crippen molar-refractivity contribution in [1.29, 1.82) is 0 Å². The van der Waals surface area contributed by atoms with Crippen molar-refractivity contribution in [3.05, 3.63) is 0 Å². The van der Waals surface area contributed by atoms with Crippen LogP contribution in [-0.2, 0) is 13.6 Å². The predicted molar refractivity (Wildman–Crippen MR) is 51.3 cm³/mol. The Hall–Kier alpha value is -1.01. The minimum absolute atomic E-state index is 0.112. The summed E-state index contributed by atoms with van der Waals surface area (Å²) >= 11 is 0. The van der Waals surface area contributed by atoms with E-state index in [0.717, 1.165) is 0 Å². The Morgan fingerprint density at radius 2 is 1.08 bits per heavy atom. The van der Waals surface area contributed by atoms with Gasteiger partial charge in [-0.2, -0.15) is 0 Å². The Morgan fingerprint density at radius 3 is 1.31 bits per heavy atom. The Bertz CT molecular complexity index is 200. The second-order valence-electron chi connectivity index (χ2n) is 1.66. The van der Waals surface area contributed by atoms with Crippen molar-refractivity contribution in [2.45, 2.75) is 0 Å². The van der Waals surface area contributed by atoms with Gasteiger partial charge >= 0.3 is 8.60 Å². The van der Waals surface area contributed by atoms with E-state index in [-0.39, 0.29) is 19.8 Å². The molecule has 0 unspecified atom stereocenters. The van der Waals surface area contributed by atoms with Crippen molar-refractivity contribution in [2.75, 3.05) is 19.8 Å². The average molecular weight is 196 g/mol. The van der Waals surface area contributed by atoms with Crippen LogP contribution in [0.25, 0.3) is 0 Å². The molecule has 0 spiro atoms. The first-order chi connectivity index (χ1) is 6.35. The van der Waals surface area contributed by atoms with Gasteiger partial charge in [0, 0.05) is 0 Å². The molecule has 0 amide bonds. The van der Waals surface area contributed by atoms with Crippen LogP contribution < -0.4 is 0 Å². The van der Waals surface area contributed by atoms with Gasteiger partial charge in [-0.3, -0.25) is 13.6 Å². The third kappa shape index (κ3) is 7.35. The molecule has 0 bridgehead atoms. The van der Waals surface area contributed by atoms with Gasteiger partial charge in [-0.1, -0.05) is 17.8 Å². The summed E-state index contributed by atoms with van der Waals surface area (Å²) in [5.74, 6) is 6.85. The molecule has 13 heavy (non-hydrogen) atoms. The minimum atomic E-state index is -1.51. The van der Waals surface area contributed by atoms with E-state index in [9.17, 15) is 0 Å². The van der Waals surface area contributed by atoms with Crippen LogP contribution in [-0.4, -0.2) is 19.8 Å². The molecule has 0 N–H and O–H groups in total. The lowest BCUT2D eigenvalue weighted by Crippen LogP contribution is -1.96. The molecule has 0 aromatic rings. The molecule has 0 aromatic heterocycles. The topological polar surface area (TPSA) is 27.7 Å². The number of hydrogen-bond acceptors (Lipinski definition) is 3. The van der Waals surface area contributed by atoms with E-state index in [1.54, 1.807) is 0 Å². The molecular weight excluding hydrogens is 187 g/mol. The highest BCUT2D eigenvalue weighted by atomic mass is 31.2. The molecule has 0 saturated carbocycles. The van der Waals surface area contributed by atoms with E-state index >= 15 is 0 Å². The van der Waals surface area contributed by atoms with Gasteiger partial charge in [-0.25, -0.2) is 0 Å². The summed E-state index contributed by atoms with van der Waals surface area (Å²) in [7, 11) is -1.51. The zero-order valence-electron chi connectivity index (χ0n) is 7.03. The molecule has 0 aliphatic heterocycles. The van der Waals surface area contributed by atoms with Crippen LogP contribution >= 0.6 is 8.60 Å². The molecule has 0 saturated heterocycles. The highest BCUT2D eigenvalue weighted by Gasteiger charge is 2.09. The van der Waals surface area contributed by atoms with Crippen LogP contribution in [0.2, 0.25) is 0 Å². The fourth-order valence-corrected chi connectivity index (χ4v) is 1.15. The molecule has 0 heterocycles. The van der Waals surface area contributed by atoms with Crippen molar-refractivity contribution in [2.24, 2.45) is 0 Å². The van der Waals surface area contributed by atoms with Crippen LogP contribution in [0, 0.1) is 37.0 Å². The third-order valence-corrected chi connectivity index (χ3v) is 1.78. The highest BCUT2D eigenvalue weighted by molar-refractivity contribution is 7.41. The summed E-state index contributed by atoms with van der Waals surface area (Å²) < 4.78 is 15.0. The molecular formula is C9H9O3P. The standard InChI is InChI=1S/C9H9O3P/c1-4-7-10-13(11-8-5-2)12-9-6-3/h1-3H,7-9H2. The van der Waals surface area contributed by atoms with Gasteiger partial charge in [-0.15, -0.1) is 19.3 Å². The average Bonchev–Trinajstić information content (AvgIpc) is 2.17. The number of terminal acetylenes is 3. The number of hydrogen-bond donors (Lipinski definition) is 0. The first-order valence-corrected chi connectivity index (χ1v) is 4.44. The Labute approximate surface area is 79.8 Å². The highest BCUT2D eigenvalue weighted by Crippen LogP contribution is 2.38. The zero-order valence-corrected chi connectivity index (χ0v) is 7.92. The van der Waals surface area contributed by atoms with E-state index in [1.165, 1.54) is 0 Å². The van der Waals surface area contributed by atoms with Crippen molar-refractivity contribution >= 4 is 8.60 Å². The van der Waals surface area contributed by atoms with Crippen molar-refractivity contribution < 1.29 is 13.6 Å². The summed E-state index contributed by atoms with van der Waals surface area (Å²) in [6.45, 7) is 0.336. The molecule has 0 aromatic carbocycles. The summed E-state index contributed by atoms with van der Waals surface area (Å²) in [6.07, 6.45) is 14.9. The van der Waals surface area contributed by atoms with Gasteiger partial charge in [0.15, 0.2) is 0 Å². The minimum Gasteiger partial charge on any atom is -0.299 e. The zero-order chi connectivity index (χ0) is 9.94. The van der Waals surface area contributed by atoms with Gasteiger partial charge in [0.05, 0.1) is 0 Å². The summed E-state index contributed by atoms with van der Waals surface area (Å²) in [4.78, 5) is 0. The fourth-order valence-electron chi connectivity index (χ4n) is 0.382. The quantitative estimate of drug-likeness (QED) is 0.471. The molecule has 0 aliphatic carbocycles. The molecule has 0 rings (SSSR count). The van der Waals surface area contributed by atoms with Crippen molar-refractivity contribution in [3.63, 3.8) is 0 Å². The van der Waals surface area contributed by atoms with E-state index in [0.29, 0.717) is 0 Å². The van der Waals surface area contributed by atoms with Gasteiger partial charge in [0.2, 0.25) is 0 Å². The maximum atomic E-state index is 4.99. The second-order valence-corrected chi connectivity index (χ2v) is 2.88. The third-order valence-electron chi connectivity index (χ3n) is 0.760. The maximum absolute atomic E-state index is 4.99. The van der Waals surface area contributed by atoms with Gasteiger partial charge in [0.25, 0.3) is 0 Å². The van der Waals surface area contributed by atoms with Gasteiger partial charge in [0.1, 0.15) is 19.8 Å². The summed E-state index contributed by atoms with van der Waals surface area (Å²) in [6, 6.07) is 0. The molecule has 4 heteroatoms. The SMILES string of the molecule is C#CCOP(OCC#C)OCC#C. The molecule has 0 radical (unpaired) electrons. The largest absolute Gasteiger partial charge is 0.335 e. The normalized spacial score (nSPS) is 8.77. The maximum Gasteiger partial charge on any atom is 0.335 e. The Morgan fingerprint density at radius 1 is 0.769 bits per heavy atom. The smallest absolute Gasteiger partial charge is 0.299 e. The molecule has 0 fully saturated rings. The van der Waals surface area contributed by atoms with Crippen LogP contribution in [0.15, 0.2) is 0 Å². The summed E-state index contributed by atoms with van der Waals surface area (Å²) in [5.41, 5.74) is 0. The van der Waals surface area contributed by atoms with E-state index in [2.05, 4.69) is 17.8 Å². The van der Waals surface area contributed by atoms with E-state index in [4.69, 9.17) is 32.8 Å². The van der Waals surface area contributed by atoms with E-state index < -0.39 is 8.60 Å². The van der Waals surface area contributed by atoms with Gasteiger partial charge in [-0.05, 0) is 0 Å². The second kappa shape index (κ2) is 9.08. The predicted octanol–water partition coefficient (Wildman–Crippen LogP) is 1.16. The molecule has 3 nitrogen and oxygen atoms in total. The van der Waals surface area contributed by atoms with Crippen molar-refractivity contribution in [3.8, 4) is 37.0 Å². The Balaban J connectivity index is 3.70. The van der Waals surface area contributed by atoms with E-state index in [1.807, 2.05) is 0 Å². The molecule has 0 atom stereocenters. The first kappa shape index (κ1) is 12.0. The van der Waals surface area contributed by atoms with Crippen LogP contribution in [0.5, 0.6) is 0 Å². The lowest BCUT2D eigenvalue weighted by Gasteiger charge is -2.11. The number of rotatable bonds is 6. The van der Waals surface area contributed by atoms with Crippen LogP contribution in [0.4, 0.5) is 0 Å². The monoisotopic (exact) mass is 196 g/mol. The fraction of sp³-hybridized carbons (Fsp3) is 0.333. The first-order valence-electron chi connectivity index (χ1n) is 3.34. The van der Waals surface area contributed by atoms with Crippen LogP contribution in [0.3, 0.4) is 0 Å².